The monoisotopic (exact) mass is 525 g/mol. The molecule has 0 radical (unpaired) electrons. The van der Waals surface area contributed by atoms with E-state index in [1.165, 1.54) is 61.5 Å². The van der Waals surface area contributed by atoms with Crippen molar-refractivity contribution in [3.63, 3.8) is 0 Å². The van der Waals surface area contributed by atoms with Gasteiger partial charge >= 0.3 is 0 Å². The third kappa shape index (κ3) is 5.71. The molecule has 0 bridgehead atoms. The lowest BCUT2D eigenvalue weighted by molar-refractivity contribution is -0.385. The molecule has 3 aromatic rings. The Morgan fingerprint density at radius 3 is 2.35 bits per heavy atom. The van der Waals surface area contributed by atoms with Crippen molar-refractivity contribution in [2.24, 2.45) is 0 Å². The second-order valence-corrected chi connectivity index (χ2v) is 9.96. The summed E-state index contributed by atoms with van der Waals surface area (Å²) < 4.78 is 41.8. The maximum Gasteiger partial charge on any atom is 0.274 e. The Labute approximate surface area is 205 Å². The zero-order chi connectivity index (χ0) is 25.0. The second kappa shape index (κ2) is 10.5. The Kier molecular flexibility index (Phi) is 7.88. The standard InChI is InChI=1S/C22H18Cl2FN3O5S/c1-14-20(6-3-7-21(14)28(30)31)26-22(29)13-27(12-17-18(24)4-2-5-19(17)25)34(32,33)16-10-8-15(23)9-11-16/h2-11H,12-13H2,1H3,(H,26,29). The molecule has 0 aliphatic carbocycles. The molecule has 0 aliphatic heterocycles. The molecule has 12 heteroatoms. The van der Waals surface area contributed by atoms with Crippen molar-refractivity contribution in [2.45, 2.75) is 18.4 Å². The fourth-order valence-corrected chi connectivity index (χ4v) is 4.86. The fourth-order valence-electron chi connectivity index (χ4n) is 3.15. The van der Waals surface area contributed by atoms with Crippen LogP contribution in [-0.4, -0.2) is 30.1 Å². The number of carbonyl (C=O) groups excluding carboxylic acids is 1. The largest absolute Gasteiger partial charge is 0.324 e. The number of rotatable bonds is 8. The number of nitro benzene ring substituents is 1. The maximum atomic E-state index is 14.4. The van der Waals surface area contributed by atoms with Crippen LogP contribution in [0.15, 0.2) is 65.6 Å². The number of sulfonamides is 1. The van der Waals surface area contributed by atoms with E-state index < -0.39 is 39.8 Å². The van der Waals surface area contributed by atoms with E-state index in [-0.39, 0.29) is 32.4 Å². The number of benzene rings is 3. The van der Waals surface area contributed by atoms with Gasteiger partial charge in [-0.2, -0.15) is 4.31 Å². The van der Waals surface area contributed by atoms with Gasteiger partial charge in [-0.3, -0.25) is 14.9 Å². The van der Waals surface area contributed by atoms with Crippen LogP contribution >= 0.6 is 23.2 Å². The highest BCUT2D eigenvalue weighted by molar-refractivity contribution is 7.89. The Morgan fingerprint density at radius 1 is 1.09 bits per heavy atom. The number of nitrogens with zero attached hydrogens (tertiary/aromatic N) is 2. The molecule has 3 rings (SSSR count). The molecule has 0 saturated carbocycles. The number of hydrogen-bond donors (Lipinski definition) is 1. The van der Waals surface area contributed by atoms with Gasteiger partial charge in [0.05, 0.1) is 27.6 Å². The minimum atomic E-state index is -4.29. The van der Waals surface area contributed by atoms with Crippen molar-refractivity contribution in [2.75, 3.05) is 11.9 Å². The van der Waals surface area contributed by atoms with E-state index >= 15 is 0 Å². The molecular formula is C22H18Cl2FN3O5S. The number of amides is 1. The van der Waals surface area contributed by atoms with E-state index in [9.17, 15) is 27.7 Å². The van der Waals surface area contributed by atoms with Crippen LogP contribution in [0.5, 0.6) is 0 Å². The zero-order valence-corrected chi connectivity index (χ0v) is 20.0. The van der Waals surface area contributed by atoms with Gasteiger partial charge in [-0.25, -0.2) is 12.8 Å². The molecule has 0 fully saturated rings. The summed E-state index contributed by atoms with van der Waals surface area (Å²) in [5, 5.41) is 13.9. The van der Waals surface area contributed by atoms with E-state index in [1.807, 2.05) is 0 Å². The van der Waals surface area contributed by atoms with Crippen molar-refractivity contribution >= 4 is 50.5 Å². The number of nitro groups is 1. The number of nitrogens with one attached hydrogen (secondary N) is 1. The quantitative estimate of drug-likeness (QED) is 0.322. The van der Waals surface area contributed by atoms with Crippen LogP contribution in [0, 0.1) is 22.9 Å². The number of carbonyl (C=O) groups is 1. The van der Waals surface area contributed by atoms with Gasteiger partial charge in [-0.05, 0) is 49.4 Å². The van der Waals surface area contributed by atoms with Crippen molar-refractivity contribution in [1.29, 1.82) is 0 Å². The first-order valence-electron chi connectivity index (χ1n) is 9.73. The first kappa shape index (κ1) is 25.6. The average molecular weight is 526 g/mol. The number of hydrogen-bond acceptors (Lipinski definition) is 5. The van der Waals surface area contributed by atoms with Gasteiger partial charge in [0.25, 0.3) is 5.69 Å². The molecule has 0 atom stereocenters. The van der Waals surface area contributed by atoms with Crippen molar-refractivity contribution < 1.29 is 22.5 Å². The van der Waals surface area contributed by atoms with E-state index in [4.69, 9.17) is 23.2 Å². The summed E-state index contributed by atoms with van der Waals surface area (Å²) in [6, 6.07) is 13.3. The summed E-state index contributed by atoms with van der Waals surface area (Å²) in [7, 11) is -4.29. The van der Waals surface area contributed by atoms with Crippen LogP contribution in [0.1, 0.15) is 11.1 Å². The van der Waals surface area contributed by atoms with Gasteiger partial charge in [0.15, 0.2) is 0 Å². The van der Waals surface area contributed by atoms with Crippen LogP contribution in [0.3, 0.4) is 0 Å². The SMILES string of the molecule is Cc1c(NC(=O)CN(Cc2c(F)cccc2Cl)S(=O)(=O)c2ccc(Cl)cc2)cccc1[N+](=O)[O-]. The molecule has 178 valence electrons. The summed E-state index contributed by atoms with van der Waals surface area (Å²) in [5.41, 5.74) is 0.0275. The zero-order valence-electron chi connectivity index (χ0n) is 17.7. The second-order valence-electron chi connectivity index (χ2n) is 7.18. The van der Waals surface area contributed by atoms with Crippen LogP contribution < -0.4 is 5.32 Å². The smallest absolute Gasteiger partial charge is 0.274 e. The van der Waals surface area contributed by atoms with Crippen LogP contribution in [0.4, 0.5) is 15.8 Å². The van der Waals surface area contributed by atoms with E-state index in [0.717, 1.165) is 10.4 Å². The molecule has 0 aliphatic rings. The predicted molar refractivity (Wildman–Crippen MR) is 127 cm³/mol. The minimum absolute atomic E-state index is 0.00811. The predicted octanol–water partition coefficient (Wildman–Crippen LogP) is 5.18. The lowest BCUT2D eigenvalue weighted by Crippen LogP contribution is -2.38. The molecule has 0 spiro atoms. The molecule has 8 nitrogen and oxygen atoms in total. The average Bonchev–Trinajstić information content (AvgIpc) is 2.77. The molecule has 0 unspecified atom stereocenters. The Hall–Kier alpha value is -3.05. The highest BCUT2D eigenvalue weighted by Crippen LogP contribution is 2.27. The summed E-state index contributed by atoms with van der Waals surface area (Å²) in [4.78, 5) is 23.2. The maximum absolute atomic E-state index is 14.4. The molecule has 0 aromatic heterocycles. The number of anilines is 1. The van der Waals surface area contributed by atoms with Gasteiger partial charge in [0.1, 0.15) is 5.82 Å². The van der Waals surface area contributed by atoms with Gasteiger partial charge in [0, 0.05) is 28.2 Å². The minimum Gasteiger partial charge on any atom is -0.324 e. The molecular weight excluding hydrogens is 508 g/mol. The summed E-state index contributed by atoms with van der Waals surface area (Å²) in [6.45, 7) is 0.213. The summed E-state index contributed by atoms with van der Waals surface area (Å²) >= 11 is 11.9. The summed E-state index contributed by atoms with van der Waals surface area (Å²) in [5.74, 6) is -1.52. The van der Waals surface area contributed by atoms with E-state index in [2.05, 4.69) is 5.32 Å². The molecule has 1 N–H and O–H groups in total. The van der Waals surface area contributed by atoms with Crippen LogP contribution in [-0.2, 0) is 21.4 Å². The third-order valence-electron chi connectivity index (χ3n) is 4.94. The molecule has 0 heterocycles. The molecule has 1 amide bonds. The lowest BCUT2D eigenvalue weighted by Gasteiger charge is -2.23. The molecule has 3 aromatic carbocycles. The fraction of sp³-hybridized carbons (Fsp3) is 0.136. The highest BCUT2D eigenvalue weighted by atomic mass is 35.5. The van der Waals surface area contributed by atoms with Crippen LogP contribution in [0.25, 0.3) is 0 Å². The topological polar surface area (TPSA) is 110 Å². The normalized spacial score (nSPS) is 11.4. The lowest BCUT2D eigenvalue weighted by atomic mass is 10.1. The third-order valence-corrected chi connectivity index (χ3v) is 7.36. The van der Waals surface area contributed by atoms with Crippen molar-refractivity contribution in [3.05, 3.63) is 97.8 Å². The molecule has 34 heavy (non-hydrogen) atoms. The first-order chi connectivity index (χ1) is 16.0. The molecule has 0 saturated heterocycles. The van der Waals surface area contributed by atoms with Crippen molar-refractivity contribution in [1.82, 2.24) is 4.31 Å². The van der Waals surface area contributed by atoms with E-state index in [1.54, 1.807) is 0 Å². The Bertz CT molecular complexity index is 1330. The highest BCUT2D eigenvalue weighted by Gasteiger charge is 2.29. The van der Waals surface area contributed by atoms with E-state index in [0.29, 0.717) is 5.02 Å². The Morgan fingerprint density at radius 2 is 1.74 bits per heavy atom. The van der Waals surface area contributed by atoms with Gasteiger partial charge < -0.3 is 5.32 Å². The number of halogens is 3. The van der Waals surface area contributed by atoms with Gasteiger partial charge in [-0.1, -0.05) is 35.3 Å². The Balaban J connectivity index is 1.95. The van der Waals surface area contributed by atoms with Gasteiger partial charge in [0.2, 0.25) is 15.9 Å². The summed E-state index contributed by atoms with van der Waals surface area (Å²) in [6.07, 6.45) is 0. The van der Waals surface area contributed by atoms with Crippen molar-refractivity contribution in [3.8, 4) is 0 Å². The van der Waals surface area contributed by atoms with Gasteiger partial charge in [-0.15, -0.1) is 0 Å². The van der Waals surface area contributed by atoms with Crippen LogP contribution in [0.2, 0.25) is 10.0 Å². The first-order valence-corrected chi connectivity index (χ1v) is 11.9.